The van der Waals surface area contributed by atoms with E-state index in [2.05, 4.69) is 10.1 Å². The molecule has 4 heterocycles. The van der Waals surface area contributed by atoms with Crippen LogP contribution in [-0.2, 0) is 24.3 Å². The summed E-state index contributed by atoms with van der Waals surface area (Å²) in [5, 5.41) is 5.56. The summed E-state index contributed by atoms with van der Waals surface area (Å²) < 4.78 is 6.91. The van der Waals surface area contributed by atoms with Crippen molar-refractivity contribution in [3.8, 4) is 0 Å². The van der Waals surface area contributed by atoms with Gasteiger partial charge in [-0.15, -0.1) is 0 Å². The Bertz CT molecular complexity index is 1140. The monoisotopic (exact) mass is 390 g/mol. The van der Waals surface area contributed by atoms with Crippen molar-refractivity contribution in [1.82, 2.24) is 19.7 Å². The molecule has 2 aliphatic rings. The highest BCUT2D eigenvalue weighted by atomic mass is 16.5. The zero-order valence-electron chi connectivity index (χ0n) is 16.1. The number of carbonyl (C=O) groups is 1. The van der Waals surface area contributed by atoms with Crippen molar-refractivity contribution in [2.45, 2.75) is 38.5 Å². The van der Waals surface area contributed by atoms with Gasteiger partial charge >= 0.3 is 0 Å². The Kier molecular flexibility index (Phi) is 4.60. The topological polar surface area (TPSA) is 77.3 Å². The van der Waals surface area contributed by atoms with Crippen LogP contribution in [0.15, 0.2) is 47.3 Å². The number of carbonyl (C=O) groups excluding carboxylic acids is 1. The van der Waals surface area contributed by atoms with Crippen molar-refractivity contribution < 1.29 is 9.53 Å². The van der Waals surface area contributed by atoms with Gasteiger partial charge in [0.2, 0.25) is 0 Å². The number of hydrogen-bond acceptors (Lipinski definition) is 5. The number of nitrogens with zero attached hydrogens (tertiary/aromatic N) is 4. The molecule has 2 aromatic heterocycles. The molecule has 0 N–H and O–H groups in total. The molecule has 1 saturated heterocycles. The number of rotatable bonds is 3. The van der Waals surface area contributed by atoms with Crippen LogP contribution in [-0.4, -0.2) is 44.8 Å². The molecule has 2 aliphatic heterocycles. The summed E-state index contributed by atoms with van der Waals surface area (Å²) >= 11 is 0. The zero-order chi connectivity index (χ0) is 19.8. The summed E-state index contributed by atoms with van der Waals surface area (Å²) in [6.07, 6.45) is 2.48. The molecule has 0 aliphatic carbocycles. The molecule has 0 saturated carbocycles. The highest BCUT2D eigenvalue weighted by molar-refractivity contribution is 5.95. The molecule has 5 rings (SSSR count). The second kappa shape index (κ2) is 7.40. The summed E-state index contributed by atoms with van der Waals surface area (Å²) in [7, 11) is 0. The maximum absolute atomic E-state index is 13.1. The second-order valence-electron chi connectivity index (χ2n) is 7.62. The predicted molar refractivity (Wildman–Crippen MR) is 108 cm³/mol. The van der Waals surface area contributed by atoms with E-state index in [1.807, 2.05) is 35.2 Å². The highest BCUT2D eigenvalue weighted by Crippen LogP contribution is 2.22. The number of aromatic nitrogens is 3. The van der Waals surface area contributed by atoms with E-state index in [0.29, 0.717) is 38.4 Å². The van der Waals surface area contributed by atoms with Gasteiger partial charge in [0, 0.05) is 30.0 Å². The minimum Gasteiger partial charge on any atom is -0.376 e. The Morgan fingerprint density at radius 3 is 3.03 bits per heavy atom. The fourth-order valence-electron chi connectivity index (χ4n) is 4.21. The lowest BCUT2D eigenvalue weighted by molar-refractivity contribution is 0.0713. The highest BCUT2D eigenvalue weighted by Gasteiger charge is 2.31. The van der Waals surface area contributed by atoms with Gasteiger partial charge < -0.3 is 9.64 Å². The molecule has 0 bridgehead atoms. The standard InChI is InChI=1S/C22H22N4O3/c27-21-12-16-14-29-11-9-19(16)24-26(21)13-17-5-3-10-25(17)22(28)20-8-7-15-4-1-2-6-18(15)23-20/h1-2,4,6-8,12,17H,3,5,9-11,13-14H2. The van der Waals surface area contributed by atoms with E-state index in [0.717, 1.165) is 35.0 Å². The largest absolute Gasteiger partial charge is 0.376 e. The van der Waals surface area contributed by atoms with Crippen LogP contribution < -0.4 is 5.56 Å². The van der Waals surface area contributed by atoms with E-state index in [-0.39, 0.29) is 17.5 Å². The van der Waals surface area contributed by atoms with Crippen LogP contribution in [0.25, 0.3) is 10.9 Å². The number of benzene rings is 1. The van der Waals surface area contributed by atoms with Crippen molar-refractivity contribution in [1.29, 1.82) is 0 Å². The van der Waals surface area contributed by atoms with Crippen LogP contribution >= 0.6 is 0 Å². The van der Waals surface area contributed by atoms with E-state index in [9.17, 15) is 9.59 Å². The molecule has 29 heavy (non-hydrogen) atoms. The summed E-state index contributed by atoms with van der Waals surface area (Å²) in [5.74, 6) is -0.0855. The molecule has 0 radical (unpaired) electrons. The molecule has 1 aromatic carbocycles. The summed E-state index contributed by atoms with van der Waals surface area (Å²) in [5.41, 5.74) is 2.90. The van der Waals surface area contributed by atoms with E-state index in [1.165, 1.54) is 4.68 Å². The molecule has 1 fully saturated rings. The first-order valence-corrected chi connectivity index (χ1v) is 10.0. The molecule has 3 aromatic rings. The molecule has 1 atom stereocenters. The van der Waals surface area contributed by atoms with E-state index in [1.54, 1.807) is 12.1 Å². The lowest BCUT2D eigenvalue weighted by atomic mass is 10.1. The zero-order valence-corrected chi connectivity index (χ0v) is 16.1. The van der Waals surface area contributed by atoms with Crippen molar-refractivity contribution in [3.63, 3.8) is 0 Å². The van der Waals surface area contributed by atoms with Crippen LogP contribution in [0.4, 0.5) is 0 Å². The van der Waals surface area contributed by atoms with Gasteiger partial charge in [-0.1, -0.05) is 24.3 Å². The molecule has 7 heteroatoms. The van der Waals surface area contributed by atoms with Crippen LogP contribution in [0.2, 0.25) is 0 Å². The first kappa shape index (κ1) is 18.0. The second-order valence-corrected chi connectivity index (χ2v) is 7.62. The maximum atomic E-state index is 13.1. The number of para-hydroxylation sites is 1. The van der Waals surface area contributed by atoms with Crippen molar-refractivity contribution >= 4 is 16.8 Å². The average Bonchev–Trinajstić information content (AvgIpc) is 3.21. The first-order chi connectivity index (χ1) is 14.2. The van der Waals surface area contributed by atoms with Gasteiger partial charge in [0.25, 0.3) is 11.5 Å². The van der Waals surface area contributed by atoms with Gasteiger partial charge in [0.15, 0.2) is 0 Å². The van der Waals surface area contributed by atoms with Gasteiger partial charge in [-0.25, -0.2) is 9.67 Å². The smallest absolute Gasteiger partial charge is 0.272 e. The third kappa shape index (κ3) is 3.42. The van der Waals surface area contributed by atoms with Gasteiger partial charge in [0.1, 0.15) is 5.69 Å². The van der Waals surface area contributed by atoms with E-state index < -0.39 is 0 Å². The maximum Gasteiger partial charge on any atom is 0.272 e. The fraction of sp³-hybridized carbons (Fsp3) is 0.364. The third-order valence-electron chi connectivity index (χ3n) is 5.74. The molecule has 148 valence electrons. The lowest BCUT2D eigenvalue weighted by Gasteiger charge is -2.25. The van der Waals surface area contributed by atoms with E-state index in [4.69, 9.17) is 4.74 Å². The number of fused-ring (bicyclic) bond motifs is 2. The van der Waals surface area contributed by atoms with Crippen molar-refractivity contribution in [2.75, 3.05) is 13.2 Å². The summed E-state index contributed by atoms with van der Waals surface area (Å²) in [4.78, 5) is 32.0. The Balaban J connectivity index is 1.39. The Labute approximate surface area is 167 Å². The summed E-state index contributed by atoms with van der Waals surface area (Å²) in [6, 6.07) is 13.0. The Morgan fingerprint density at radius 2 is 2.10 bits per heavy atom. The van der Waals surface area contributed by atoms with Crippen molar-refractivity contribution in [2.24, 2.45) is 0 Å². The minimum atomic E-state index is -0.141. The molecule has 7 nitrogen and oxygen atoms in total. The number of hydrogen-bond donors (Lipinski definition) is 0. The lowest BCUT2D eigenvalue weighted by Crippen LogP contribution is -2.41. The number of amides is 1. The molecule has 1 unspecified atom stereocenters. The van der Waals surface area contributed by atoms with Crippen LogP contribution in [0.3, 0.4) is 0 Å². The SMILES string of the molecule is O=C(c1ccc2ccccc2n1)N1CCCC1Cn1nc2c(cc1=O)COCC2. The van der Waals surface area contributed by atoms with Gasteiger partial charge in [-0.05, 0) is 25.0 Å². The van der Waals surface area contributed by atoms with E-state index >= 15 is 0 Å². The number of pyridine rings is 1. The molecular weight excluding hydrogens is 368 g/mol. The van der Waals surface area contributed by atoms with Crippen LogP contribution in [0.1, 0.15) is 34.6 Å². The van der Waals surface area contributed by atoms with Gasteiger partial charge in [-0.2, -0.15) is 5.10 Å². The molecule has 0 spiro atoms. The van der Waals surface area contributed by atoms with Gasteiger partial charge in [-0.3, -0.25) is 9.59 Å². The van der Waals surface area contributed by atoms with Crippen LogP contribution in [0, 0.1) is 0 Å². The quantitative estimate of drug-likeness (QED) is 0.685. The number of ether oxygens (including phenoxy) is 1. The molecule has 1 amide bonds. The van der Waals surface area contributed by atoms with Crippen LogP contribution in [0.5, 0.6) is 0 Å². The molecular formula is C22H22N4O3. The fourth-order valence-corrected chi connectivity index (χ4v) is 4.21. The van der Waals surface area contributed by atoms with Crippen molar-refractivity contribution in [3.05, 3.63) is 69.8 Å². The predicted octanol–water partition coefficient (Wildman–Crippen LogP) is 2.17. The normalized spacial score (nSPS) is 18.8. The summed E-state index contributed by atoms with van der Waals surface area (Å²) in [6.45, 7) is 2.15. The Morgan fingerprint density at radius 1 is 1.21 bits per heavy atom. The first-order valence-electron chi connectivity index (χ1n) is 10.0. The number of likely N-dealkylation sites (tertiary alicyclic amines) is 1. The van der Waals surface area contributed by atoms with Gasteiger partial charge in [0.05, 0.1) is 37.0 Å². The minimum absolute atomic E-state index is 0.0566. The third-order valence-corrected chi connectivity index (χ3v) is 5.74. The Hall–Kier alpha value is -3.06. The average molecular weight is 390 g/mol.